The topological polar surface area (TPSA) is 88.6 Å². The Kier molecular flexibility index (Phi) is 4.43. The Balaban J connectivity index is 1.30. The van der Waals surface area contributed by atoms with E-state index in [1.54, 1.807) is 17.0 Å². The first-order valence-electron chi connectivity index (χ1n) is 8.66. The van der Waals surface area contributed by atoms with E-state index in [9.17, 15) is 9.59 Å². The number of hydrogen-bond acceptors (Lipinski definition) is 5. The van der Waals surface area contributed by atoms with E-state index in [0.29, 0.717) is 30.1 Å². The molecular formula is C19H19N3O4. The van der Waals surface area contributed by atoms with Gasteiger partial charge in [0.1, 0.15) is 5.69 Å². The maximum atomic E-state index is 12.3. The zero-order chi connectivity index (χ0) is 17.9. The summed E-state index contributed by atoms with van der Waals surface area (Å²) in [5, 5.41) is 7.89. The minimum absolute atomic E-state index is 0.0568. The van der Waals surface area contributed by atoms with Crippen LogP contribution < -0.4 is 5.32 Å². The lowest BCUT2D eigenvalue weighted by Gasteiger charge is -2.31. The molecule has 1 N–H and O–H groups in total. The number of likely N-dealkylation sites (tertiary alicyclic amines) is 1. The summed E-state index contributed by atoms with van der Waals surface area (Å²) in [7, 11) is 0. The van der Waals surface area contributed by atoms with Gasteiger partial charge in [0.05, 0.1) is 12.7 Å². The average Bonchev–Trinajstić information content (AvgIpc) is 3.32. The number of nitrogens with zero attached hydrogens (tertiary/aromatic N) is 2. The Morgan fingerprint density at radius 3 is 2.73 bits per heavy atom. The molecule has 3 aromatic rings. The zero-order valence-electron chi connectivity index (χ0n) is 14.2. The molecule has 1 aromatic carbocycles. The number of carbonyl (C=O) groups is 2. The standard InChI is InChI=1S/C19H19N3O4/c23-18(12-15-14-4-1-2-5-16(14)26-21-15)20-13-7-9-22(10-8-13)19(24)17-6-3-11-25-17/h1-6,11,13H,7-10,12H2,(H,20,23). The average molecular weight is 353 g/mol. The maximum Gasteiger partial charge on any atom is 0.289 e. The Hall–Kier alpha value is -3.09. The molecule has 0 atom stereocenters. The molecule has 1 saturated heterocycles. The number of aromatic nitrogens is 1. The molecule has 7 nitrogen and oxygen atoms in total. The van der Waals surface area contributed by atoms with Crippen LogP contribution in [0.5, 0.6) is 0 Å². The van der Waals surface area contributed by atoms with Crippen molar-refractivity contribution in [2.24, 2.45) is 0 Å². The highest BCUT2D eigenvalue weighted by molar-refractivity contribution is 5.91. The van der Waals surface area contributed by atoms with Crippen molar-refractivity contribution in [3.8, 4) is 0 Å². The van der Waals surface area contributed by atoms with Gasteiger partial charge in [-0.2, -0.15) is 0 Å². The van der Waals surface area contributed by atoms with Gasteiger partial charge in [-0.05, 0) is 37.1 Å². The highest BCUT2D eigenvalue weighted by Gasteiger charge is 2.26. The quantitative estimate of drug-likeness (QED) is 0.778. The smallest absolute Gasteiger partial charge is 0.289 e. The number of furan rings is 1. The summed E-state index contributed by atoms with van der Waals surface area (Å²) in [5.74, 6) is 0.166. The van der Waals surface area contributed by atoms with Crippen LogP contribution in [0, 0.1) is 0 Å². The number of carbonyl (C=O) groups excluding carboxylic acids is 2. The van der Waals surface area contributed by atoms with Crippen molar-refractivity contribution in [1.82, 2.24) is 15.4 Å². The summed E-state index contributed by atoms with van der Waals surface area (Å²) >= 11 is 0. The van der Waals surface area contributed by atoms with Crippen LogP contribution in [0.2, 0.25) is 0 Å². The Morgan fingerprint density at radius 2 is 1.96 bits per heavy atom. The third-order valence-corrected chi connectivity index (χ3v) is 4.66. The number of benzene rings is 1. The third-order valence-electron chi connectivity index (χ3n) is 4.66. The van der Waals surface area contributed by atoms with E-state index in [0.717, 1.165) is 18.2 Å². The van der Waals surface area contributed by atoms with Crippen LogP contribution >= 0.6 is 0 Å². The summed E-state index contributed by atoms with van der Waals surface area (Å²) in [4.78, 5) is 26.3. The SMILES string of the molecule is O=C(Cc1noc2ccccc12)NC1CCN(C(=O)c2ccco2)CC1. The Morgan fingerprint density at radius 1 is 1.15 bits per heavy atom. The first-order chi connectivity index (χ1) is 12.7. The maximum absolute atomic E-state index is 12.3. The Bertz CT molecular complexity index is 908. The second-order valence-corrected chi connectivity index (χ2v) is 6.41. The van der Waals surface area contributed by atoms with Gasteiger partial charge < -0.3 is 19.2 Å². The molecular weight excluding hydrogens is 334 g/mol. The third kappa shape index (κ3) is 3.33. The predicted octanol–water partition coefficient (Wildman–Crippen LogP) is 2.38. The van der Waals surface area contributed by atoms with E-state index in [-0.39, 0.29) is 24.3 Å². The van der Waals surface area contributed by atoms with Gasteiger partial charge in [-0.3, -0.25) is 9.59 Å². The number of para-hydroxylation sites is 1. The van der Waals surface area contributed by atoms with E-state index >= 15 is 0 Å². The van der Waals surface area contributed by atoms with Gasteiger partial charge in [0.25, 0.3) is 5.91 Å². The van der Waals surface area contributed by atoms with Crippen LogP contribution in [0.4, 0.5) is 0 Å². The van der Waals surface area contributed by atoms with Crippen molar-refractivity contribution in [1.29, 1.82) is 0 Å². The van der Waals surface area contributed by atoms with Crippen LogP contribution in [0.3, 0.4) is 0 Å². The Labute approximate surface area is 149 Å². The van der Waals surface area contributed by atoms with Crippen LogP contribution in [0.25, 0.3) is 11.0 Å². The summed E-state index contributed by atoms with van der Waals surface area (Å²) < 4.78 is 10.4. The molecule has 1 fully saturated rings. The van der Waals surface area contributed by atoms with Crippen molar-refractivity contribution in [2.75, 3.05) is 13.1 Å². The largest absolute Gasteiger partial charge is 0.459 e. The van der Waals surface area contributed by atoms with E-state index in [1.807, 2.05) is 24.3 Å². The van der Waals surface area contributed by atoms with E-state index in [4.69, 9.17) is 8.94 Å². The van der Waals surface area contributed by atoms with Crippen LogP contribution in [0.1, 0.15) is 29.1 Å². The first-order valence-corrected chi connectivity index (χ1v) is 8.66. The van der Waals surface area contributed by atoms with E-state index < -0.39 is 0 Å². The fourth-order valence-electron chi connectivity index (χ4n) is 3.28. The summed E-state index contributed by atoms with van der Waals surface area (Å²) in [6.45, 7) is 1.19. The fraction of sp³-hybridized carbons (Fsp3) is 0.316. The normalized spacial score (nSPS) is 15.3. The lowest BCUT2D eigenvalue weighted by molar-refractivity contribution is -0.121. The predicted molar refractivity (Wildman–Crippen MR) is 93.5 cm³/mol. The van der Waals surface area contributed by atoms with Gasteiger partial charge >= 0.3 is 0 Å². The van der Waals surface area contributed by atoms with Crippen molar-refractivity contribution >= 4 is 22.8 Å². The van der Waals surface area contributed by atoms with Gasteiger partial charge in [-0.1, -0.05) is 17.3 Å². The molecule has 2 aromatic heterocycles. The monoisotopic (exact) mass is 353 g/mol. The van der Waals surface area contributed by atoms with Gasteiger partial charge in [-0.25, -0.2) is 0 Å². The molecule has 26 heavy (non-hydrogen) atoms. The van der Waals surface area contributed by atoms with E-state index in [1.165, 1.54) is 6.26 Å². The molecule has 1 aliphatic rings. The molecule has 0 unspecified atom stereocenters. The molecule has 3 heterocycles. The van der Waals surface area contributed by atoms with Crippen molar-refractivity contribution in [2.45, 2.75) is 25.3 Å². The molecule has 0 saturated carbocycles. The summed E-state index contributed by atoms with van der Waals surface area (Å²) in [5.41, 5.74) is 1.32. The van der Waals surface area contributed by atoms with Crippen molar-refractivity contribution in [3.05, 3.63) is 54.1 Å². The summed E-state index contributed by atoms with van der Waals surface area (Å²) in [6.07, 6.45) is 3.12. The van der Waals surface area contributed by atoms with Gasteiger partial charge in [-0.15, -0.1) is 0 Å². The zero-order valence-corrected chi connectivity index (χ0v) is 14.2. The molecule has 0 bridgehead atoms. The van der Waals surface area contributed by atoms with Gasteiger partial charge in [0.2, 0.25) is 5.91 Å². The second kappa shape index (κ2) is 7.03. The van der Waals surface area contributed by atoms with Gasteiger partial charge in [0, 0.05) is 24.5 Å². The lowest BCUT2D eigenvalue weighted by Crippen LogP contribution is -2.46. The molecule has 4 rings (SSSR count). The van der Waals surface area contributed by atoms with Crippen molar-refractivity contribution < 1.29 is 18.5 Å². The van der Waals surface area contributed by atoms with Gasteiger partial charge in [0.15, 0.2) is 11.3 Å². The lowest BCUT2D eigenvalue weighted by atomic mass is 10.0. The second-order valence-electron chi connectivity index (χ2n) is 6.41. The van der Waals surface area contributed by atoms with Crippen molar-refractivity contribution in [3.63, 3.8) is 0 Å². The molecule has 0 radical (unpaired) electrons. The number of hydrogen-bond donors (Lipinski definition) is 1. The van der Waals surface area contributed by atoms with Crippen LogP contribution in [0.15, 0.2) is 51.6 Å². The number of nitrogens with one attached hydrogen (secondary N) is 1. The molecule has 7 heteroatoms. The molecule has 1 aliphatic heterocycles. The summed E-state index contributed by atoms with van der Waals surface area (Å²) in [6, 6.07) is 10.9. The van der Waals surface area contributed by atoms with Crippen LogP contribution in [-0.2, 0) is 11.2 Å². The molecule has 0 aliphatic carbocycles. The number of fused-ring (bicyclic) bond motifs is 1. The fourth-order valence-corrected chi connectivity index (χ4v) is 3.28. The molecule has 2 amide bonds. The highest BCUT2D eigenvalue weighted by Crippen LogP contribution is 2.19. The minimum atomic E-state index is -0.103. The first kappa shape index (κ1) is 16.4. The minimum Gasteiger partial charge on any atom is -0.459 e. The van der Waals surface area contributed by atoms with Crippen LogP contribution in [-0.4, -0.2) is 41.0 Å². The molecule has 0 spiro atoms. The highest BCUT2D eigenvalue weighted by atomic mass is 16.5. The molecule has 134 valence electrons. The number of amides is 2. The number of rotatable bonds is 4. The number of piperidine rings is 1. The van der Waals surface area contributed by atoms with E-state index in [2.05, 4.69) is 10.5 Å².